The van der Waals surface area contributed by atoms with Gasteiger partial charge in [-0.25, -0.2) is 13.2 Å². The van der Waals surface area contributed by atoms with Crippen molar-refractivity contribution in [3.8, 4) is 0 Å². The number of nitrogens with zero attached hydrogens (tertiary/aromatic N) is 3. The van der Waals surface area contributed by atoms with E-state index in [0.29, 0.717) is 23.9 Å². The van der Waals surface area contributed by atoms with E-state index in [1.165, 1.54) is 32.2 Å². The molecule has 2 atom stereocenters. The van der Waals surface area contributed by atoms with Gasteiger partial charge in [0, 0.05) is 25.2 Å². The molecule has 1 fully saturated rings. The van der Waals surface area contributed by atoms with Crippen LogP contribution in [0.15, 0.2) is 50.3 Å². The maximum atomic E-state index is 14.2. The summed E-state index contributed by atoms with van der Waals surface area (Å²) in [5.41, 5.74) is -1.77. The van der Waals surface area contributed by atoms with E-state index >= 15 is 0 Å². The normalized spacial score (nSPS) is 22.3. The lowest BCUT2D eigenvalue weighted by molar-refractivity contribution is -0.130. The largest absolute Gasteiger partial charge is 0.416 e. The topological polar surface area (TPSA) is 116 Å². The summed E-state index contributed by atoms with van der Waals surface area (Å²) >= 11 is 12.4. The number of alkyl halides is 3. The molecule has 1 N–H and O–H groups in total. The van der Waals surface area contributed by atoms with E-state index in [9.17, 15) is 36.0 Å². The first-order valence-corrected chi connectivity index (χ1v) is 14.7. The van der Waals surface area contributed by atoms with Crippen LogP contribution < -0.4 is 5.32 Å². The van der Waals surface area contributed by atoms with Crippen molar-refractivity contribution in [2.45, 2.75) is 31.0 Å². The molecule has 216 valence electrons. The Morgan fingerprint density at radius 2 is 1.90 bits per heavy atom. The van der Waals surface area contributed by atoms with Crippen molar-refractivity contribution in [2.24, 2.45) is 16.8 Å². The SMILES string of the molecule is CCS(=O)(=O)c1ccc(Cl)cc1CN1C(=O)N=C2C(Cl)=C(CN3CC[C@H](C(=O)NC)C3)C(C(F)(F)F)=CC2C1=O. The highest BCUT2D eigenvalue weighted by Gasteiger charge is 2.47. The van der Waals surface area contributed by atoms with Crippen LogP contribution in [0.1, 0.15) is 18.9 Å². The van der Waals surface area contributed by atoms with Gasteiger partial charge in [0.1, 0.15) is 5.92 Å². The van der Waals surface area contributed by atoms with Crippen LogP contribution in [0, 0.1) is 11.8 Å². The maximum absolute atomic E-state index is 14.2. The van der Waals surface area contributed by atoms with E-state index in [2.05, 4.69) is 10.3 Å². The number of hydrogen-bond acceptors (Lipinski definition) is 6. The van der Waals surface area contributed by atoms with Gasteiger partial charge in [-0.3, -0.25) is 19.4 Å². The molecule has 2 aliphatic heterocycles. The van der Waals surface area contributed by atoms with Crippen molar-refractivity contribution in [1.82, 2.24) is 15.1 Å². The quantitative estimate of drug-likeness (QED) is 0.497. The Hall–Kier alpha value is -2.74. The zero-order valence-electron chi connectivity index (χ0n) is 21.4. The molecule has 0 bridgehead atoms. The molecule has 1 unspecified atom stereocenters. The number of hydrogen-bond donors (Lipinski definition) is 1. The number of benzene rings is 1. The van der Waals surface area contributed by atoms with E-state index in [4.69, 9.17) is 23.2 Å². The monoisotopic (exact) mass is 620 g/mol. The molecule has 4 rings (SSSR count). The average molecular weight is 621 g/mol. The standard InChI is InChI=1S/C25H25Cl2F3N4O5S/c1-3-40(38,39)19-5-4-15(26)8-14(19)11-34-23(36)16-9-18(25(28,29)30)17(20(27)21(16)32-24(34)37)12-33-7-6-13(10-33)22(35)31-2/h4-5,8-9,13,16H,3,6-7,10-12H2,1-2H3,(H,31,35)/t13-,16?/m0/s1. The minimum atomic E-state index is -4.89. The molecule has 3 aliphatic rings. The van der Waals surface area contributed by atoms with Crippen molar-refractivity contribution in [3.05, 3.63) is 51.0 Å². The van der Waals surface area contributed by atoms with Gasteiger partial charge in [-0.2, -0.15) is 18.2 Å². The van der Waals surface area contributed by atoms with Gasteiger partial charge in [0.05, 0.1) is 39.4 Å². The molecule has 0 aromatic heterocycles. The Labute approximate surface area is 238 Å². The molecule has 9 nitrogen and oxygen atoms in total. The summed E-state index contributed by atoms with van der Waals surface area (Å²) in [6, 6.07) is 2.76. The van der Waals surface area contributed by atoms with E-state index < -0.39 is 56.9 Å². The van der Waals surface area contributed by atoms with Gasteiger partial charge < -0.3 is 5.32 Å². The Balaban J connectivity index is 1.70. The van der Waals surface area contributed by atoms with Crippen LogP contribution >= 0.6 is 23.2 Å². The first-order chi connectivity index (χ1) is 18.7. The predicted molar refractivity (Wildman–Crippen MR) is 142 cm³/mol. The fourth-order valence-electron chi connectivity index (χ4n) is 4.97. The number of urea groups is 1. The van der Waals surface area contributed by atoms with Crippen LogP contribution in [0.4, 0.5) is 18.0 Å². The summed E-state index contributed by atoms with van der Waals surface area (Å²) < 4.78 is 67.8. The minimum absolute atomic E-state index is 0.0209. The number of likely N-dealkylation sites (tertiary alicyclic amines) is 1. The van der Waals surface area contributed by atoms with E-state index in [1.54, 1.807) is 4.90 Å². The second-order valence-electron chi connectivity index (χ2n) is 9.54. The minimum Gasteiger partial charge on any atom is -0.359 e. The molecule has 0 spiro atoms. The van der Waals surface area contributed by atoms with Crippen LogP contribution in [-0.4, -0.2) is 80.4 Å². The maximum Gasteiger partial charge on any atom is 0.416 e. The summed E-state index contributed by atoms with van der Waals surface area (Å²) in [7, 11) is -2.31. The van der Waals surface area contributed by atoms with Crippen molar-refractivity contribution >= 4 is 56.6 Å². The highest BCUT2D eigenvalue weighted by atomic mass is 35.5. The Morgan fingerprint density at radius 3 is 2.52 bits per heavy atom. The molecule has 1 saturated heterocycles. The fraction of sp³-hybridized carbons (Fsp3) is 0.440. The predicted octanol–water partition coefficient (Wildman–Crippen LogP) is 3.72. The van der Waals surface area contributed by atoms with Gasteiger partial charge in [0.25, 0.3) is 0 Å². The summed E-state index contributed by atoms with van der Waals surface area (Å²) in [6.07, 6.45) is -3.75. The fourth-order valence-corrected chi connectivity index (χ4v) is 6.60. The number of nitrogens with one attached hydrogen (secondary N) is 1. The third kappa shape index (κ3) is 5.83. The highest BCUT2D eigenvalue weighted by molar-refractivity contribution is 7.91. The van der Waals surface area contributed by atoms with Crippen LogP contribution in [0.2, 0.25) is 5.02 Å². The first-order valence-electron chi connectivity index (χ1n) is 12.2. The molecule has 1 aliphatic carbocycles. The molecule has 40 heavy (non-hydrogen) atoms. The van der Waals surface area contributed by atoms with Crippen LogP contribution in [0.3, 0.4) is 0 Å². The van der Waals surface area contributed by atoms with Gasteiger partial charge in [0.2, 0.25) is 11.8 Å². The lowest BCUT2D eigenvalue weighted by atomic mass is 9.86. The number of aliphatic imine (C=N–C) groups is 1. The molecule has 4 amide bonds. The zero-order valence-corrected chi connectivity index (χ0v) is 23.7. The van der Waals surface area contributed by atoms with Crippen molar-refractivity contribution in [1.29, 1.82) is 0 Å². The number of halogens is 5. The number of sulfone groups is 1. The average Bonchev–Trinajstić information content (AvgIpc) is 3.36. The molecular weight excluding hydrogens is 596 g/mol. The number of fused-ring (bicyclic) bond motifs is 1. The Morgan fingerprint density at radius 1 is 1.20 bits per heavy atom. The zero-order chi connectivity index (χ0) is 29.6. The Kier molecular flexibility index (Phi) is 8.51. The lowest BCUT2D eigenvalue weighted by Gasteiger charge is -2.34. The second-order valence-corrected chi connectivity index (χ2v) is 12.6. The van der Waals surface area contributed by atoms with Gasteiger partial charge in [-0.05, 0) is 42.3 Å². The lowest BCUT2D eigenvalue weighted by Crippen LogP contribution is -2.47. The second kappa shape index (κ2) is 11.3. The third-order valence-electron chi connectivity index (χ3n) is 7.06. The molecule has 0 saturated carbocycles. The van der Waals surface area contributed by atoms with Crippen molar-refractivity contribution < 1.29 is 36.0 Å². The van der Waals surface area contributed by atoms with Gasteiger partial charge in [-0.15, -0.1) is 0 Å². The summed E-state index contributed by atoms with van der Waals surface area (Å²) in [5.74, 6) is -3.53. The number of rotatable bonds is 7. The molecule has 1 aromatic rings. The molecule has 15 heteroatoms. The summed E-state index contributed by atoms with van der Waals surface area (Å²) in [4.78, 5) is 44.3. The van der Waals surface area contributed by atoms with Crippen LogP contribution in [0.25, 0.3) is 0 Å². The molecule has 2 heterocycles. The van der Waals surface area contributed by atoms with E-state index in [0.717, 1.165) is 0 Å². The number of allylic oxidation sites excluding steroid dienone is 1. The summed E-state index contributed by atoms with van der Waals surface area (Å²) in [5, 5.41) is 2.21. The molecule has 1 aromatic carbocycles. The van der Waals surface area contributed by atoms with Crippen LogP contribution in [-0.2, 0) is 26.0 Å². The van der Waals surface area contributed by atoms with Gasteiger partial charge in [-0.1, -0.05) is 36.2 Å². The highest BCUT2D eigenvalue weighted by Crippen LogP contribution is 2.42. The smallest absolute Gasteiger partial charge is 0.359 e. The van der Waals surface area contributed by atoms with Gasteiger partial charge >= 0.3 is 12.2 Å². The van der Waals surface area contributed by atoms with Crippen LogP contribution in [0.5, 0.6) is 0 Å². The Bertz CT molecular complexity index is 1470. The number of imide groups is 1. The van der Waals surface area contributed by atoms with E-state index in [-0.39, 0.29) is 51.5 Å². The molecular formula is C25H25Cl2F3N4O5S. The summed E-state index contributed by atoms with van der Waals surface area (Å²) in [6.45, 7) is 1.14. The number of carbonyl (C=O) groups excluding carboxylic acids is 3. The van der Waals surface area contributed by atoms with Crippen molar-refractivity contribution in [2.75, 3.05) is 32.4 Å². The third-order valence-corrected chi connectivity index (χ3v) is 9.55. The number of carbonyl (C=O) groups is 3. The molecule has 0 radical (unpaired) electrons. The number of amides is 4. The van der Waals surface area contributed by atoms with Gasteiger partial charge in [0.15, 0.2) is 9.84 Å². The first kappa shape index (κ1) is 30.2. The van der Waals surface area contributed by atoms with Crippen molar-refractivity contribution in [3.63, 3.8) is 0 Å². The van der Waals surface area contributed by atoms with E-state index in [1.807, 2.05) is 0 Å².